The molecule has 2 aromatic carbocycles. The average Bonchev–Trinajstić information content (AvgIpc) is 2.65. The third-order valence-corrected chi connectivity index (χ3v) is 2.74. The lowest BCUT2D eigenvalue weighted by atomic mass is 10.1. The lowest BCUT2D eigenvalue weighted by Crippen LogP contribution is -1.74. The Kier molecular flexibility index (Phi) is 1.55. The Bertz CT molecular complexity index is 610. The zero-order chi connectivity index (χ0) is 9.54. The maximum absolute atomic E-state index is 6.15. The van der Waals surface area contributed by atoms with Gasteiger partial charge < -0.3 is 4.42 Å². The first kappa shape index (κ1) is 7.89. The van der Waals surface area contributed by atoms with Crippen molar-refractivity contribution in [3.8, 4) is 0 Å². The molecule has 0 unspecified atom stereocenters. The van der Waals surface area contributed by atoms with Gasteiger partial charge in [-0.1, -0.05) is 29.8 Å². The molecule has 0 fully saturated rings. The van der Waals surface area contributed by atoms with Gasteiger partial charge in [0.05, 0.1) is 6.26 Å². The molecule has 0 aliphatic heterocycles. The van der Waals surface area contributed by atoms with E-state index >= 15 is 0 Å². The van der Waals surface area contributed by atoms with E-state index in [0.29, 0.717) is 0 Å². The normalized spacial score (nSPS) is 11.2. The van der Waals surface area contributed by atoms with E-state index in [2.05, 4.69) is 0 Å². The molecule has 14 heavy (non-hydrogen) atoms. The Labute approximate surface area is 85.9 Å². The summed E-state index contributed by atoms with van der Waals surface area (Å²) in [6, 6.07) is 11.8. The molecule has 0 N–H and O–H groups in total. The predicted molar refractivity (Wildman–Crippen MR) is 58.7 cm³/mol. The summed E-state index contributed by atoms with van der Waals surface area (Å²) in [5, 5.41) is 4.06. The Morgan fingerprint density at radius 1 is 1.00 bits per heavy atom. The molecule has 0 aliphatic rings. The summed E-state index contributed by atoms with van der Waals surface area (Å²) in [5.74, 6) is 0. The van der Waals surface area contributed by atoms with Gasteiger partial charge in [-0.2, -0.15) is 0 Å². The van der Waals surface area contributed by atoms with Crippen LogP contribution in [0.2, 0.25) is 5.02 Å². The molecule has 0 atom stereocenters. The lowest BCUT2D eigenvalue weighted by Gasteiger charge is -2.00. The van der Waals surface area contributed by atoms with Crippen molar-refractivity contribution in [3.05, 3.63) is 47.7 Å². The van der Waals surface area contributed by atoms with E-state index in [4.69, 9.17) is 16.0 Å². The minimum absolute atomic E-state index is 0.773. The fraction of sp³-hybridized carbons (Fsp3) is 0. The largest absolute Gasteiger partial charge is 0.464 e. The van der Waals surface area contributed by atoms with Crippen molar-refractivity contribution in [1.82, 2.24) is 0 Å². The Morgan fingerprint density at radius 2 is 1.93 bits per heavy atom. The second-order valence-corrected chi connectivity index (χ2v) is 3.64. The van der Waals surface area contributed by atoms with E-state index in [0.717, 1.165) is 26.8 Å². The highest BCUT2D eigenvalue weighted by Gasteiger charge is 2.05. The molecule has 68 valence electrons. The summed E-state index contributed by atoms with van der Waals surface area (Å²) in [5.41, 5.74) is 0.880. The van der Waals surface area contributed by atoms with Crippen LogP contribution in [0.25, 0.3) is 21.7 Å². The molecule has 0 spiro atoms. The van der Waals surface area contributed by atoms with Gasteiger partial charge in [-0.25, -0.2) is 0 Å². The molecule has 0 saturated carbocycles. The molecule has 0 aliphatic carbocycles. The zero-order valence-corrected chi connectivity index (χ0v) is 8.08. The van der Waals surface area contributed by atoms with Crippen LogP contribution < -0.4 is 0 Å². The highest BCUT2D eigenvalue weighted by atomic mass is 35.5. The highest BCUT2D eigenvalue weighted by Crippen LogP contribution is 2.31. The van der Waals surface area contributed by atoms with Crippen LogP contribution in [-0.2, 0) is 0 Å². The van der Waals surface area contributed by atoms with E-state index < -0.39 is 0 Å². The minimum atomic E-state index is 0.773. The molecular weight excluding hydrogens is 196 g/mol. The molecule has 0 saturated heterocycles. The number of hydrogen-bond donors (Lipinski definition) is 0. The minimum Gasteiger partial charge on any atom is -0.464 e. The van der Waals surface area contributed by atoms with Crippen LogP contribution in [0.15, 0.2) is 47.1 Å². The number of halogens is 1. The maximum atomic E-state index is 6.15. The first-order valence-electron chi connectivity index (χ1n) is 4.41. The summed E-state index contributed by atoms with van der Waals surface area (Å²) in [6.07, 6.45) is 1.69. The van der Waals surface area contributed by atoms with Crippen LogP contribution in [0.1, 0.15) is 0 Å². The van der Waals surface area contributed by atoms with Gasteiger partial charge in [0.15, 0.2) is 0 Å². The van der Waals surface area contributed by atoms with Crippen molar-refractivity contribution in [2.24, 2.45) is 0 Å². The number of hydrogen-bond acceptors (Lipinski definition) is 1. The SMILES string of the molecule is Clc1cccc2ccc3occc3c12. The fourth-order valence-electron chi connectivity index (χ4n) is 1.79. The summed E-state index contributed by atoms with van der Waals surface area (Å²) in [7, 11) is 0. The second kappa shape index (κ2) is 2.76. The van der Waals surface area contributed by atoms with Crippen molar-refractivity contribution < 1.29 is 4.42 Å². The van der Waals surface area contributed by atoms with Crippen molar-refractivity contribution >= 4 is 33.3 Å². The third-order valence-electron chi connectivity index (χ3n) is 2.42. The summed E-state index contributed by atoms with van der Waals surface area (Å²) >= 11 is 6.15. The Hall–Kier alpha value is -1.47. The molecule has 1 heterocycles. The molecule has 3 aromatic rings. The van der Waals surface area contributed by atoms with E-state index in [9.17, 15) is 0 Å². The van der Waals surface area contributed by atoms with Crippen LogP contribution in [0.3, 0.4) is 0 Å². The molecule has 1 nitrogen and oxygen atoms in total. The van der Waals surface area contributed by atoms with Gasteiger partial charge in [0, 0.05) is 15.8 Å². The molecule has 0 radical (unpaired) electrons. The van der Waals surface area contributed by atoms with Crippen molar-refractivity contribution in [2.75, 3.05) is 0 Å². The van der Waals surface area contributed by atoms with Gasteiger partial charge in [-0.3, -0.25) is 0 Å². The fourth-order valence-corrected chi connectivity index (χ4v) is 2.07. The molecular formula is C12H7ClO. The summed E-state index contributed by atoms with van der Waals surface area (Å²) in [6.45, 7) is 0. The van der Waals surface area contributed by atoms with Crippen molar-refractivity contribution in [2.45, 2.75) is 0 Å². The molecule has 1 aromatic heterocycles. The van der Waals surface area contributed by atoms with Crippen LogP contribution in [0, 0.1) is 0 Å². The van der Waals surface area contributed by atoms with Crippen LogP contribution in [-0.4, -0.2) is 0 Å². The third kappa shape index (κ3) is 0.962. The van der Waals surface area contributed by atoms with Crippen molar-refractivity contribution in [1.29, 1.82) is 0 Å². The van der Waals surface area contributed by atoms with Crippen molar-refractivity contribution in [3.63, 3.8) is 0 Å². The monoisotopic (exact) mass is 202 g/mol. The van der Waals surface area contributed by atoms with Crippen LogP contribution in [0.4, 0.5) is 0 Å². The highest BCUT2D eigenvalue weighted by molar-refractivity contribution is 6.37. The van der Waals surface area contributed by atoms with Gasteiger partial charge in [0.1, 0.15) is 5.58 Å². The average molecular weight is 203 g/mol. The number of benzene rings is 2. The smallest absolute Gasteiger partial charge is 0.134 e. The number of rotatable bonds is 0. The first-order chi connectivity index (χ1) is 6.86. The topological polar surface area (TPSA) is 13.1 Å². The van der Waals surface area contributed by atoms with Gasteiger partial charge >= 0.3 is 0 Å². The number of furan rings is 1. The van der Waals surface area contributed by atoms with E-state index in [-0.39, 0.29) is 0 Å². The predicted octanol–water partition coefficient (Wildman–Crippen LogP) is 4.24. The molecule has 3 rings (SSSR count). The summed E-state index contributed by atoms with van der Waals surface area (Å²) < 4.78 is 5.32. The zero-order valence-electron chi connectivity index (χ0n) is 7.33. The van der Waals surface area contributed by atoms with Gasteiger partial charge in [0.2, 0.25) is 0 Å². The van der Waals surface area contributed by atoms with E-state index in [1.165, 1.54) is 0 Å². The number of fused-ring (bicyclic) bond motifs is 3. The summed E-state index contributed by atoms with van der Waals surface area (Å²) in [4.78, 5) is 0. The van der Waals surface area contributed by atoms with Crippen LogP contribution >= 0.6 is 11.6 Å². The Morgan fingerprint density at radius 3 is 2.86 bits per heavy atom. The van der Waals surface area contributed by atoms with Crippen LogP contribution in [0.5, 0.6) is 0 Å². The van der Waals surface area contributed by atoms with Gasteiger partial charge in [-0.05, 0) is 23.6 Å². The van der Waals surface area contributed by atoms with Gasteiger partial charge in [0.25, 0.3) is 0 Å². The quantitative estimate of drug-likeness (QED) is 0.532. The van der Waals surface area contributed by atoms with E-state index in [1.807, 2.05) is 36.4 Å². The molecule has 2 heteroatoms. The molecule has 0 bridgehead atoms. The maximum Gasteiger partial charge on any atom is 0.134 e. The second-order valence-electron chi connectivity index (χ2n) is 3.24. The standard InChI is InChI=1S/C12H7ClO/c13-10-3-1-2-8-4-5-11-9(12(8)10)6-7-14-11/h1-7H. The van der Waals surface area contributed by atoms with Gasteiger partial charge in [-0.15, -0.1) is 0 Å². The first-order valence-corrected chi connectivity index (χ1v) is 4.78. The van der Waals surface area contributed by atoms with E-state index in [1.54, 1.807) is 6.26 Å². The Balaban J connectivity index is 2.67. The lowest BCUT2D eigenvalue weighted by molar-refractivity contribution is 0.616. The molecule has 0 amide bonds.